The average molecular weight is 400 g/mol. The summed E-state index contributed by atoms with van der Waals surface area (Å²) < 4.78 is 5.25. The Morgan fingerprint density at radius 1 is 1.21 bits per heavy atom. The maximum absolute atomic E-state index is 12.6. The maximum Gasteiger partial charge on any atom is 0.306 e. The van der Waals surface area contributed by atoms with Crippen LogP contribution >= 0.6 is 11.8 Å². The van der Waals surface area contributed by atoms with Crippen LogP contribution in [-0.2, 0) is 27.2 Å². The smallest absolute Gasteiger partial charge is 0.306 e. The number of benzene rings is 1. The highest BCUT2D eigenvalue weighted by atomic mass is 32.2. The van der Waals surface area contributed by atoms with E-state index in [0.29, 0.717) is 6.42 Å². The van der Waals surface area contributed by atoms with E-state index >= 15 is 0 Å². The number of carbonyl (C=O) groups is 2. The Hall–Kier alpha value is -2.41. The van der Waals surface area contributed by atoms with Crippen LogP contribution < -0.4 is 4.90 Å². The van der Waals surface area contributed by atoms with E-state index in [2.05, 4.69) is 9.97 Å². The lowest BCUT2D eigenvalue weighted by molar-refractivity contribution is -0.147. The molecular weight excluding hydrogens is 374 g/mol. The molecule has 0 spiro atoms. The molecule has 148 valence electrons. The summed E-state index contributed by atoms with van der Waals surface area (Å²) in [5.41, 5.74) is 4.78. The van der Waals surface area contributed by atoms with Crippen molar-refractivity contribution in [2.45, 2.75) is 51.2 Å². The summed E-state index contributed by atoms with van der Waals surface area (Å²) >= 11 is 1.49. The minimum atomic E-state index is -0.388. The van der Waals surface area contributed by atoms with Gasteiger partial charge in [0, 0.05) is 29.5 Å². The van der Waals surface area contributed by atoms with Crippen LogP contribution in [0.5, 0.6) is 0 Å². The van der Waals surface area contributed by atoms with Gasteiger partial charge in [0.15, 0.2) is 11.8 Å². The molecule has 28 heavy (non-hydrogen) atoms. The third-order valence-electron chi connectivity index (χ3n) is 4.99. The van der Waals surface area contributed by atoms with Gasteiger partial charge in [0.25, 0.3) is 5.91 Å². The van der Waals surface area contributed by atoms with Crippen LogP contribution in [0.4, 0.5) is 5.69 Å². The van der Waals surface area contributed by atoms with E-state index in [1.54, 1.807) is 4.90 Å². The Balaban J connectivity index is 1.55. The van der Waals surface area contributed by atoms with Crippen molar-refractivity contribution in [1.29, 1.82) is 0 Å². The van der Waals surface area contributed by atoms with Crippen molar-refractivity contribution in [3.63, 3.8) is 0 Å². The standard InChI is InChI=1S/C21H25N3O3S/c1-13-11-16-7-5-6-8-18(16)24(13)19(25)12-27-20(26)10-9-17-14(2)22-21(28-4)23-15(17)3/h5-8,13H,9-12H2,1-4H3/t13-/m0/s1. The quantitative estimate of drug-likeness (QED) is 0.422. The number of ether oxygens (including phenoxy) is 1. The lowest BCUT2D eigenvalue weighted by atomic mass is 10.1. The molecule has 6 nitrogen and oxygen atoms in total. The zero-order valence-electron chi connectivity index (χ0n) is 16.7. The lowest BCUT2D eigenvalue weighted by Crippen LogP contribution is -2.38. The van der Waals surface area contributed by atoms with Gasteiger partial charge < -0.3 is 9.64 Å². The normalized spacial score (nSPS) is 15.4. The van der Waals surface area contributed by atoms with Gasteiger partial charge in [-0.1, -0.05) is 30.0 Å². The highest BCUT2D eigenvalue weighted by molar-refractivity contribution is 7.98. The molecule has 0 fully saturated rings. The summed E-state index contributed by atoms with van der Waals surface area (Å²) in [6, 6.07) is 7.92. The van der Waals surface area contributed by atoms with Gasteiger partial charge in [-0.05, 0) is 57.1 Å². The van der Waals surface area contributed by atoms with Crippen LogP contribution in [0, 0.1) is 13.8 Å². The van der Waals surface area contributed by atoms with E-state index in [0.717, 1.165) is 39.8 Å². The van der Waals surface area contributed by atoms with Crippen molar-refractivity contribution < 1.29 is 14.3 Å². The molecule has 1 amide bonds. The van der Waals surface area contributed by atoms with E-state index < -0.39 is 0 Å². The zero-order chi connectivity index (χ0) is 20.3. The fourth-order valence-corrected chi connectivity index (χ4v) is 4.07. The first-order valence-electron chi connectivity index (χ1n) is 9.34. The van der Waals surface area contributed by atoms with Crippen molar-refractivity contribution in [3.8, 4) is 0 Å². The Morgan fingerprint density at radius 3 is 2.57 bits per heavy atom. The maximum atomic E-state index is 12.6. The zero-order valence-corrected chi connectivity index (χ0v) is 17.5. The summed E-state index contributed by atoms with van der Waals surface area (Å²) in [5, 5.41) is 0.729. The van der Waals surface area contributed by atoms with Crippen molar-refractivity contribution in [2.24, 2.45) is 0 Å². The summed E-state index contributed by atoms with van der Waals surface area (Å²) in [6.45, 7) is 5.61. The van der Waals surface area contributed by atoms with Crippen LogP contribution in [0.3, 0.4) is 0 Å². The minimum absolute atomic E-state index is 0.0704. The third-order valence-corrected chi connectivity index (χ3v) is 5.54. The topological polar surface area (TPSA) is 72.4 Å². The van der Waals surface area contributed by atoms with Crippen LogP contribution in [-0.4, -0.2) is 40.7 Å². The van der Waals surface area contributed by atoms with Crippen molar-refractivity contribution in [2.75, 3.05) is 17.8 Å². The van der Waals surface area contributed by atoms with Crippen molar-refractivity contribution in [1.82, 2.24) is 9.97 Å². The van der Waals surface area contributed by atoms with E-state index in [1.807, 2.05) is 51.3 Å². The molecular formula is C21H25N3O3S. The van der Waals surface area contributed by atoms with E-state index in [9.17, 15) is 9.59 Å². The molecule has 0 unspecified atom stereocenters. The number of para-hydroxylation sites is 1. The highest BCUT2D eigenvalue weighted by Gasteiger charge is 2.30. The fraction of sp³-hybridized carbons (Fsp3) is 0.429. The summed E-state index contributed by atoms with van der Waals surface area (Å²) in [5.74, 6) is -0.577. The molecule has 0 bridgehead atoms. The molecule has 0 N–H and O–H groups in total. The van der Waals surface area contributed by atoms with E-state index in [4.69, 9.17) is 4.74 Å². The van der Waals surface area contributed by atoms with Gasteiger partial charge in [-0.25, -0.2) is 9.97 Å². The number of thioether (sulfide) groups is 1. The molecule has 2 aromatic rings. The van der Waals surface area contributed by atoms with Crippen molar-refractivity contribution >= 4 is 29.3 Å². The van der Waals surface area contributed by atoms with Gasteiger partial charge in [0.05, 0.1) is 0 Å². The molecule has 7 heteroatoms. The molecule has 1 aliphatic heterocycles. The SMILES string of the molecule is CSc1nc(C)c(CCC(=O)OCC(=O)N2c3ccccc3C[C@@H]2C)c(C)n1. The number of aryl methyl sites for hydroxylation is 2. The molecule has 1 aliphatic rings. The largest absolute Gasteiger partial charge is 0.456 e. The molecule has 0 saturated carbocycles. The van der Waals surface area contributed by atoms with Crippen LogP contribution in [0.25, 0.3) is 0 Å². The molecule has 1 aromatic heterocycles. The van der Waals surface area contributed by atoms with Gasteiger partial charge in [0.2, 0.25) is 0 Å². The van der Waals surface area contributed by atoms with Gasteiger partial charge in [0.1, 0.15) is 0 Å². The number of amides is 1. The lowest BCUT2D eigenvalue weighted by Gasteiger charge is -2.22. The second-order valence-electron chi connectivity index (χ2n) is 6.97. The van der Waals surface area contributed by atoms with Crippen LogP contribution in [0.2, 0.25) is 0 Å². The second kappa shape index (κ2) is 8.73. The predicted octanol–water partition coefficient (Wildman–Crippen LogP) is 3.27. The predicted molar refractivity (Wildman–Crippen MR) is 110 cm³/mol. The Kier molecular flexibility index (Phi) is 6.34. The third kappa shape index (κ3) is 4.35. The first-order chi connectivity index (χ1) is 13.4. The number of hydrogen-bond donors (Lipinski definition) is 0. The molecule has 1 atom stereocenters. The fourth-order valence-electron chi connectivity index (χ4n) is 3.62. The van der Waals surface area contributed by atoms with E-state index in [1.165, 1.54) is 11.8 Å². The van der Waals surface area contributed by atoms with Gasteiger partial charge in [-0.2, -0.15) is 0 Å². The van der Waals surface area contributed by atoms with Crippen molar-refractivity contribution in [3.05, 3.63) is 46.8 Å². The summed E-state index contributed by atoms with van der Waals surface area (Å²) in [4.78, 5) is 35.4. The van der Waals surface area contributed by atoms with Gasteiger partial charge in [-0.3, -0.25) is 9.59 Å². The molecule has 0 radical (unpaired) electrons. The number of anilines is 1. The molecule has 0 aliphatic carbocycles. The number of nitrogens with zero attached hydrogens (tertiary/aromatic N) is 3. The number of carbonyl (C=O) groups excluding carboxylic acids is 2. The summed E-state index contributed by atoms with van der Waals surface area (Å²) in [7, 11) is 0. The number of aromatic nitrogens is 2. The minimum Gasteiger partial charge on any atom is -0.456 e. The Bertz CT molecular complexity index is 877. The Morgan fingerprint density at radius 2 is 1.89 bits per heavy atom. The Labute approximate surface area is 169 Å². The average Bonchev–Trinajstić information content (AvgIpc) is 3.01. The number of rotatable bonds is 6. The highest BCUT2D eigenvalue weighted by Crippen LogP contribution is 2.31. The molecule has 2 heterocycles. The van der Waals surface area contributed by atoms with Gasteiger partial charge >= 0.3 is 5.97 Å². The molecule has 0 saturated heterocycles. The van der Waals surface area contributed by atoms with E-state index in [-0.39, 0.29) is 30.9 Å². The van der Waals surface area contributed by atoms with Gasteiger partial charge in [-0.15, -0.1) is 0 Å². The second-order valence-corrected chi connectivity index (χ2v) is 7.74. The monoisotopic (exact) mass is 399 g/mol. The summed E-state index contributed by atoms with van der Waals surface area (Å²) in [6.07, 6.45) is 3.45. The first-order valence-corrected chi connectivity index (χ1v) is 10.6. The number of esters is 1. The molecule has 1 aromatic carbocycles. The van der Waals surface area contributed by atoms with Crippen LogP contribution in [0.1, 0.15) is 35.9 Å². The van der Waals surface area contributed by atoms with Crippen LogP contribution in [0.15, 0.2) is 29.4 Å². The first kappa shape index (κ1) is 20.3. The number of fused-ring (bicyclic) bond motifs is 1. The number of hydrogen-bond acceptors (Lipinski definition) is 6. The molecule has 3 rings (SSSR count).